The SMILES string of the molecule is c1ccc2sc(Oc3ccc(C4=NNNN4)cc3)nc2c1. The predicted molar refractivity (Wildman–Crippen MR) is 82.1 cm³/mol. The Morgan fingerprint density at radius 2 is 1.86 bits per heavy atom. The molecular formula is C14H11N5OS. The van der Waals surface area contributed by atoms with Crippen LogP contribution in [0.4, 0.5) is 0 Å². The maximum absolute atomic E-state index is 5.80. The Hall–Kier alpha value is -2.64. The third-order valence-electron chi connectivity index (χ3n) is 3.01. The number of thiazole rings is 1. The summed E-state index contributed by atoms with van der Waals surface area (Å²) in [6, 6.07) is 15.6. The molecule has 0 unspecified atom stereocenters. The standard InChI is InChI=1S/C14H11N5OS/c1-2-4-12-11(3-1)15-14(21-12)20-10-7-5-9(6-8-10)13-16-18-19-17-13/h1-8,18-19H,(H,16,17). The molecule has 2 aromatic carbocycles. The predicted octanol–water partition coefficient (Wildman–Crippen LogP) is 2.36. The van der Waals surface area contributed by atoms with Gasteiger partial charge in [-0.25, -0.2) is 10.5 Å². The number of aromatic nitrogens is 1. The van der Waals surface area contributed by atoms with Crippen molar-refractivity contribution in [3.8, 4) is 10.9 Å². The van der Waals surface area contributed by atoms with Gasteiger partial charge in [-0.15, -0.1) is 10.6 Å². The molecule has 0 radical (unpaired) electrons. The van der Waals surface area contributed by atoms with Crippen LogP contribution in [0, 0.1) is 0 Å². The fourth-order valence-electron chi connectivity index (χ4n) is 2.01. The van der Waals surface area contributed by atoms with Gasteiger partial charge in [-0.1, -0.05) is 23.5 Å². The first kappa shape index (κ1) is 12.1. The van der Waals surface area contributed by atoms with Gasteiger partial charge in [0.2, 0.25) is 0 Å². The number of para-hydroxylation sites is 1. The Morgan fingerprint density at radius 3 is 2.62 bits per heavy atom. The minimum atomic E-state index is 0.642. The van der Waals surface area contributed by atoms with Crippen molar-refractivity contribution in [3.05, 3.63) is 54.1 Å². The largest absolute Gasteiger partial charge is 0.431 e. The lowest BCUT2D eigenvalue weighted by Gasteiger charge is -2.03. The average Bonchev–Trinajstić information content (AvgIpc) is 3.17. The maximum Gasteiger partial charge on any atom is 0.279 e. The summed E-state index contributed by atoms with van der Waals surface area (Å²) in [7, 11) is 0. The second kappa shape index (κ2) is 5.04. The number of hydrogen-bond acceptors (Lipinski definition) is 7. The van der Waals surface area contributed by atoms with Gasteiger partial charge >= 0.3 is 0 Å². The Morgan fingerprint density at radius 1 is 1.00 bits per heavy atom. The van der Waals surface area contributed by atoms with Crippen molar-refractivity contribution < 1.29 is 4.74 Å². The highest BCUT2D eigenvalue weighted by atomic mass is 32.1. The van der Waals surface area contributed by atoms with Gasteiger partial charge in [0, 0.05) is 5.56 Å². The van der Waals surface area contributed by atoms with Crippen LogP contribution < -0.4 is 21.2 Å². The zero-order valence-corrected chi connectivity index (χ0v) is 11.6. The molecule has 104 valence electrons. The third-order valence-corrected chi connectivity index (χ3v) is 3.93. The van der Waals surface area contributed by atoms with Crippen molar-refractivity contribution in [1.82, 2.24) is 21.5 Å². The number of hydrogen-bond donors (Lipinski definition) is 3. The number of nitrogens with zero attached hydrogens (tertiary/aromatic N) is 2. The molecule has 0 bridgehead atoms. The van der Waals surface area contributed by atoms with E-state index in [9.17, 15) is 0 Å². The minimum absolute atomic E-state index is 0.642. The minimum Gasteiger partial charge on any atom is -0.431 e. The van der Waals surface area contributed by atoms with Crippen LogP contribution in [-0.2, 0) is 0 Å². The summed E-state index contributed by atoms with van der Waals surface area (Å²) in [6.07, 6.45) is 0. The fourth-order valence-corrected chi connectivity index (χ4v) is 2.85. The van der Waals surface area contributed by atoms with E-state index in [0.29, 0.717) is 5.19 Å². The average molecular weight is 297 g/mol. The number of rotatable bonds is 3. The summed E-state index contributed by atoms with van der Waals surface area (Å²) in [4.78, 5) is 4.45. The molecule has 0 saturated heterocycles. The van der Waals surface area contributed by atoms with Crippen molar-refractivity contribution in [2.75, 3.05) is 0 Å². The number of benzene rings is 2. The van der Waals surface area contributed by atoms with E-state index in [1.54, 1.807) is 0 Å². The van der Waals surface area contributed by atoms with Crippen LogP contribution in [0.3, 0.4) is 0 Å². The highest BCUT2D eigenvalue weighted by molar-refractivity contribution is 7.20. The van der Waals surface area contributed by atoms with Crippen molar-refractivity contribution in [1.29, 1.82) is 0 Å². The molecule has 3 aromatic rings. The Kier molecular flexibility index (Phi) is 2.91. The number of hydrazone groups is 1. The monoisotopic (exact) mass is 297 g/mol. The van der Waals surface area contributed by atoms with Crippen LogP contribution in [-0.4, -0.2) is 10.8 Å². The number of hydrazine groups is 2. The van der Waals surface area contributed by atoms with E-state index in [-0.39, 0.29) is 0 Å². The number of nitrogens with one attached hydrogen (secondary N) is 3. The van der Waals surface area contributed by atoms with Crippen LogP contribution in [0.1, 0.15) is 5.56 Å². The molecule has 0 amide bonds. The molecule has 6 nitrogen and oxygen atoms in total. The van der Waals surface area contributed by atoms with Gasteiger partial charge in [0.15, 0.2) is 5.84 Å². The molecule has 0 saturated carbocycles. The maximum atomic E-state index is 5.80. The van der Waals surface area contributed by atoms with Crippen molar-refractivity contribution in [2.45, 2.75) is 0 Å². The van der Waals surface area contributed by atoms with Crippen LogP contribution >= 0.6 is 11.3 Å². The van der Waals surface area contributed by atoms with Gasteiger partial charge in [-0.3, -0.25) is 5.43 Å². The lowest BCUT2D eigenvalue weighted by Crippen LogP contribution is -2.35. The molecule has 3 N–H and O–H groups in total. The Bertz CT molecular complexity index is 779. The lowest BCUT2D eigenvalue weighted by atomic mass is 10.2. The summed E-state index contributed by atoms with van der Waals surface area (Å²) in [5.74, 6) is 1.49. The van der Waals surface area contributed by atoms with Crippen LogP contribution in [0.5, 0.6) is 10.9 Å². The number of fused-ring (bicyclic) bond motifs is 1. The fraction of sp³-hybridized carbons (Fsp3) is 0. The van der Waals surface area contributed by atoms with Crippen LogP contribution in [0.2, 0.25) is 0 Å². The molecule has 21 heavy (non-hydrogen) atoms. The molecular weight excluding hydrogens is 286 g/mol. The normalized spacial score (nSPS) is 13.6. The summed E-state index contributed by atoms with van der Waals surface area (Å²) in [5.41, 5.74) is 10.1. The quantitative estimate of drug-likeness (QED) is 0.692. The first-order valence-electron chi connectivity index (χ1n) is 6.36. The molecule has 1 aliphatic rings. The van der Waals surface area contributed by atoms with Gasteiger partial charge in [-0.2, -0.15) is 0 Å². The zero-order chi connectivity index (χ0) is 14.1. The van der Waals surface area contributed by atoms with Gasteiger partial charge < -0.3 is 4.74 Å². The topological polar surface area (TPSA) is 70.6 Å². The highest BCUT2D eigenvalue weighted by Crippen LogP contribution is 2.31. The van der Waals surface area contributed by atoms with Gasteiger partial charge in [-0.05, 0) is 36.4 Å². The van der Waals surface area contributed by atoms with Crippen molar-refractivity contribution >= 4 is 27.4 Å². The van der Waals surface area contributed by atoms with Gasteiger partial charge in [0.25, 0.3) is 5.19 Å². The molecule has 0 spiro atoms. The summed E-state index contributed by atoms with van der Waals surface area (Å²) in [6.45, 7) is 0. The van der Waals surface area contributed by atoms with E-state index in [2.05, 4.69) is 26.6 Å². The third kappa shape index (κ3) is 2.39. The van der Waals surface area contributed by atoms with Crippen LogP contribution in [0.15, 0.2) is 53.6 Å². The van der Waals surface area contributed by atoms with E-state index in [0.717, 1.165) is 27.4 Å². The molecule has 4 rings (SSSR count). The van der Waals surface area contributed by atoms with Crippen LogP contribution in [0.25, 0.3) is 10.2 Å². The zero-order valence-electron chi connectivity index (χ0n) is 10.8. The lowest BCUT2D eigenvalue weighted by molar-refractivity contribution is 0.480. The Labute approximate surface area is 124 Å². The van der Waals surface area contributed by atoms with E-state index in [4.69, 9.17) is 4.74 Å². The first-order chi connectivity index (χ1) is 10.4. The van der Waals surface area contributed by atoms with E-state index >= 15 is 0 Å². The highest BCUT2D eigenvalue weighted by Gasteiger charge is 2.09. The smallest absolute Gasteiger partial charge is 0.279 e. The van der Waals surface area contributed by atoms with Gasteiger partial charge in [0.1, 0.15) is 5.75 Å². The van der Waals surface area contributed by atoms with Gasteiger partial charge in [0.05, 0.1) is 10.2 Å². The Balaban J connectivity index is 1.56. The molecule has 0 fully saturated rings. The number of amidine groups is 1. The summed E-state index contributed by atoms with van der Waals surface area (Å²) >= 11 is 1.53. The first-order valence-corrected chi connectivity index (χ1v) is 7.18. The second-order valence-corrected chi connectivity index (χ2v) is 5.39. The molecule has 7 heteroatoms. The second-order valence-electron chi connectivity index (χ2n) is 4.40. The van der Waals surface area contributed by atoms with E-state index in [1.807, 2.05) is 48.5 Å². The molecule has 1 aromatic heterocycles. The van der Waals surface area contributed by atoms with E-state index < -0.39 is 0 Å². The molecule has 0 atom stereocenters. The van der Waals surface area contributed by atoms with Crippen molar-refractivity contribution in [3.63, 3.8) is 0 Å². The summed E-state index contributed by atoms with van der Waals surface area (Å²) in [5, 5.41) is 4.68. The van der Waals surface area contributed by atoms with Crippen molar-refractivity contribution in [2.24, 2.45) is 5.10 Å². The molecule has 2 heterocycles. The summed E-state index contributed by atoms with van der Waals surface area (Å²) < 4.78 is 6.91. The molecule has 0 aliphatic carbocycles. The van der Waals surface area contributed by atoms with E-state index in [1.165, 1.54) is 11.3 Å². The molecule has 1 aliphatic heterocycles. The number of ether oxygens (including phenoxy) is 1.